The lowest BCUT2D eigenvalue weighted by molar-refractivity contribution is 0.0827. The van der Waals surface area contributed by atoms with Gasteiger partial charge in [0.1, 0.15) is 0 Å². The highest BCUT2D eigenvalue weighted by atomic mass is 35.5. The van der Waals surface area contributed by atoms with E-state index in [0.29, 0.717) is 38.9 Å². The van der Waals surface area contributed by atoms with Crippen LogP contribution in [-0.2, 0) is 0 Å². The lowest BCUT2D eigenvalue weighted by Gasteiger charge is -2.21. The number of carbonyl (C=O) groups is 2. The molecule has 1 fully saturated rings. The molecule has 8 heteroatoms. The Labute approximate surface area is 219 Å². The fourth-order valence-corrected chi connectivity index (χ4v) is 4.82. The van der Waals surface area contributed by atoms with E-state index < -0.39 is 5.41 Å². The quantitative estimate of drug-likeness (QED) is 0.284. The minimum atomic E-state index is -0.693. The summed E-state index contributed by atoms with van der Waals surface area (Å²) in [5.74, 6) is 0.0623. The molecular weight excluding hydrogens is 497 g/mol. The summed E-state index contributed by atoms with van der Waals surface area (Å²) >= 11 is 12.7. The van der Waals surface area contributed by atoms with Crippen LogP contribution in [0.15, 0.2) is 59.0 Å². The summed E-state index contributed by atoms with van der Waals surface area (Å²) in [6, 6.07) is 16.3. The van der Waals surface area contributed by atoms with E-state index in [4.69, 9.17) is 32.6 Å². The molecule has 1 aliphatic heterocycles. The number of carbonyl (C=O) groups excluding carboxylic acids is 2. The van der Waals surface area contributed by atoms with Crippen LogP contribution < -0.4 is 5.32 Å². The number of ketones is 1. The molecule has 1 N–H and O–H groups in total. The molecule has 0 saturated carbocycles. The van der Waals surface area contributed by atoms with Gasteiger partial charge in [-0.1, -0.05) is 74.3 Å². The lowest BCUT2D eigenvalue weighted by atomic mass is 9.86. The number of nitrogens with zero attached hydrogens (tertiary/aromatic N) is 2. The number of pyridine rings is 1. The fraction of sp³-hybridized carbons (Fsp3) is 0.250. The predicted octanol–water partition coefficient (Wildman–Crippen LogP) is 7.39. The third kappa shape index (κ3) is 4.14. The summed E-state index contributed by atoms with van der Waals surface area (Å²) in [5, 5.41) is 4.69. The van der Waals surface area contributed by atoms with E-state index in [1.165, 1.54) is 0 Å². The largest absolute Gasteiger partial charge is 0.434 e. The Balaban J connectivity index is 1.85. The first-order valence-corrected chi connectivity index (χ1v) is 12.4. The third-order valence-electron chi connectivity index (χ3n) is 6.46. The number of fused-ring (bicyclic) bond motifs is 1. The zero-order valence-electron chi connectivity index (χ0n) is 20.4. The van der Waals surface area contributed by atoms with E-state index in [2.05, 4.69) is 5.32 Å². The Morgan fingerprint density at radius 2 is 1.78 bits per heavy atom. The third-order valence-corrected chi connectivity index (χ3v) is 7.04. The Morgan fingerprint density at radius 3 is 2.39 bits per heavy atom. The number of amides is 2. The maximum atomic E-state index is 13.5. The van der Waals surface area contributed by atoms with E-state index >= 15 is 0 Å². The van der Waals surface area contributed by atoms with Crippen LogP contribution in [0.1, 0.15) is 42.9 Å². The zero-order valence-corrected chi connectivity index (χ0v) is 21.9. The molecule has 0 aliphatic carbocycles. The maximum Gasteiger partial charge on any atom is 0.317 e. The van der Waals surface area contributed by atoms with Gasteiger partial charge in [0.25, 0.3) is 0 Å². The summed E-state index contributed by atoms with van der Waals surface area (Å²) in [6.07, 6.45) is 0. The van der Waals surface area contributed by atoms with Gasteiger partial charge in [-0.2, -0.15) is 0 Å². The molecule has 6 nitrogen and oxygen atoms in total. The fourth-order valence-electron chi connectivity index (χ4n) is 4.47. The van der Waals surface area contributed by atoms with Crippen molar-refractivity contribution in [3.8, 4) is 22.4 Å². The first kappa shape index (κ1) is 24.3. The zero-order chi connectivity index (χ0) is 25.8. The molecule has 5 rings (SSSR count). The SMILES string of the molecule is CN1C(=O)NCC1c1c(C(=O)C(C)(C)C)oc2nc(-c3ccccc3Cl)c(-c3ccc(Cl)cc3)cc12. The van der Waals surface area contributed by atoms with Gasteiger partial charge in [0.2, 0.25) is 11.5 Å². The van der Waals surface area contributed by atoms with Crippen LogP contribution in [0.2, 0.25) is 10.0 Å². The topological polar surface area (TPSA) is 75.4 Å². The van der Waals surface area contributed by atoms with Crippen LogP contribution in [0.5, 0.6) is 0 Å². The molecule has 2 aromatic heterocycles. The number of furan rings is 1. The molecule has 1 saturated heterocycles. The van der Waals surface area contributed by atoms with Gasteiger partial charge in [-0.3, -0.25) is 4.79 Å². The second-order valence-electron chi connectivity index (χ2n) is 9.96. The maximum absolute atomic E-state index is 13.5. The van der Waals surface area contributed by atoms with Gasteiger partial charge >= 0.3 is 6.03 Å². The number of nitrogens with one attached hydrogen (secondary N) is 1. The molecule has 184 valence electrons. The number of hydrogen-bond donors (Lipinski definition) is 1. The lowest BCUT2D eigenvalue weighted by Crippen LogP contribution is -2.27. The molecule has 0 bridgehead atoms. The van der Waals surface area contributed by atoms with Gasteiger partial charge in [0.05, 0.1) is 11.7 Å². The van der Waals surface area contributed by atoms with Crippen molar-refractivity contribution in [3.05, 3.63) is 76.0 Å². The van der Waals surface area contributed by atoms with Crippen molar-refractivity contribution in [2.75, 3.05) is 13.6 Å². The minimum absolute atomic E-state index is 0.157. The number of aromatic nitrogens is 1. The van der Waals surface area contributed by atoms with Gasteiger partial charge in [-0.05, 0) is 29.8 Å². The van der Waals surface area contributed by atoms with Crippen molar-refractivity contribution < 1.29 is 14.0 Å². The van der Waals surface area contributed by atoms with Crippen LogP contribution in [-0.4, -0.2) is 35.3 Å². The van der Waals surface area contributed by atoms with Crippen LogP contribution in [0.4, 0.5) is 4.79 Å². The van der Waals surface area contributed by atoms with Crippen LogP contribution in [0.25, 0.3) is 33.5 Å². The Hall–Kier alpha value is -3.35. The monoisotopic (exact) mass is 521 g/mol. The molecular formula is C28H25Cl2N3O3. The van der Waals surface area contributed by atoms with E-state index in [-0.39, 0.29) is 23.6 Å². The molecule has 36 heavy (non-hydrogen) atoms. The molecule has 3 heterocycles. The summed E-state index contributed by atoms with van der Waals surface area (Å²) in [7, 11) is 1.71. The van der Waals surface area contributed by atoms with E-state index in [9.17, 15) is 9.59 Å². The van der Waals surface area contributed by atoms with Gasteiger partial charge in [-0.15, -0.1) is 0 Å². The Morgan fingerprint density at radius 1 is 1.08 bits per heavy atom. The first-order valence-electron chi connectivity index (χ1n) is 11.6. The Bertz CT molecular complexity index is 1500. The van der Waals surface area contributed by atoms with Crippen molar-refractivity contribution in [1.82, 2.24) is 15.2 Å². The average molecular weight is 522 g/mol. The summed E-state index contributed by atoms with van der Waals surface area (Å²) in [4.78, 5) is 32.4. The molecule has 2 amide bonds. The van der Waals surface area contributed by atoms with Gasteiger partial charge in [0, 0.05) is 51.1 Å². The van der Waals surface area contributed by atoms with Gasteiger partial charge in [-0.25, -0.2) is 9.78 Å². The second kappa shape index (κ2) is 8.95. The van der Waals surface area contributed by atoms with Crippen molar-refractivity contribution in [3.63, 3.8) is 0 Å². The molecule has 4 aromatic rings. The summed E-state index contributed by atoms with van der Waals surface area (Å²) in [5.41, 5.74) is 3.33. The van der Waals surface area contributed by atoms with Crippen LogP contribution in [0, 0.1) is 5.41 Å². The minimum Gasteiger partial charge on any atom is -0.434 e. The normalized spacial score (nSPS) is 16.0. The molecule has 1 unspecified atom stereocenters. The van der Waals surface area contributed by atoms with Crippen LogP contribution in [0.3, 0.4) is 0 Å². The highest BCUT2D eigenvalue weighted by Gasteiger charge is 2.38. The highest BCUT2D eigenvalue weighted by Crippen LogP contribution is 2.42. The number of likely N-dealkylation sites (N-methyl/N-ethyl adjacent to an activating group) is 1. The predicted molar refractivity (Wildman–Crippen MR) is 143 cm³/mol. The van der Waals surface area contributed by atoms with Crippen molar-refractivity contribution in [2.24, 2.45) is 5.41 Å². The molecule has 0 radical (unpaired) electrons. The standard InChI is InChI=1S/C28H25Cl2N3O3/c1-28(2,3)25(34)24-22(21-14-31-27(35)33(21)4)19-13-18(15-9-11-16(29)12-10-15)23(32-26(19)36-24)17-7-5-6-8-20(17)30/h5-13,21H,14H2,1-4H3,(H,31,35). The number of hydrogen-bond acceptors (Lipinski definition) is 4. The van der Waals surface area contributed by atoms with E-state index in [1.807, 2.05) is 69.3 Å². The van der Waals surface area contributed by atoms with E-state index in [1.54, 1.807) is 18.0 Å². The summed E-state index contributed by atoms with van der Waals surface area (Å²) < 4.78 is 6.20. The van der Waals surface area contributed by atoms with Crippen molar-refractivity contribution in [1.29, 1.82) is 0 Å². The number of rotatable bonds is 4. The number of urea groups is 1. The second-order valence-corrected chi connectivity index (χ2v) is 10.8. The summed E-state index contributed by atoms with van der Waals surface area (Å²) in [6.45, 7) is 5.89. The van der Waals surface area contributed by atoms with Gasteiger partial charge in [0.15, 0.2) is 5.76 Å². The van der Waals surface area contributed by atoms with Crippen molar-refractivity contribution >= 4 is 46.1 Å². The molecule has 0 spiro atoms. The first-order chi connectivity index (χ1) is 17.1. The van der Waals surface area contributed by atoms with E-state index in [0.717, 1.165) is 16.7 Å². The smallest absolute Gasteiger partial charge is 0.317 e. The molecule has 2 aromatic carbocycles. The number of Topliss-reactive ketones (excluding diaryl/α,β-unsaturated/α-hetero) is 1. The number of halogens is 2. The Kier molecular flexibility index (Phi) is 6.05. The van der Waals surface area contributed by atoms with Crippen molar-refractivity contribution in [2.45, 2.75) is 26.8 Å². The molecule has 1 atom stereocenters. The number of benzene rings is 2. The highest BCUT2D eigenvalue weighted by molar-refractivity contribution is 6.33. The van der Waals surface area contributed by atoms with Gasteiger partial charge < -0.3 is 14.6 Å². The van der Waals surface area contributed by atoms with Crippen LogP contribution >= 0.6 is 23.2 Å². The molecule has 1 aliphatic rings. The average Bonchev–Trinajstić information content (AvgIpc) is 3.36.